The summed E-state index contributed by atoms with van der Waals surface area (Å²) in [6.07, 6.45) is 2.56. The van der Waals surface area contributed by atoms with E-state index in [4.69, 9.17) is 0 Å². The summed E-state index contributed by atoms with van der Waals surface area (Å²) in [5.41, 5.74) is 2.30. The Bertz CT molecular complexity index is 541. The molecule has 2 heterocycles. The highest BCUT2D eigenvalue weighted by atomic mass is 79.9. The smallest absolute Gasteiger partial charge is 0.106 e. The van der Waals surface area contributed by atoms with Gasteiger partial charge >= 0.3 is 0 Å². The molecule has 90 valence electrons. The van der Waals surface area contributed by atoms with Crippen molar-refractivity contribution in [3.63, 3.8) is 0 Å². The molecule has 4 heteroatoms. The molecule has 0 saturated carbocycles. The van der Waals surface area contributed by atoms with E-state index in [0.29, 0.717) is 6.04 Å². The SMILES string of the molecule is Cc1nc2c(Br)cccc2n1CC1CCCN1. The zero-order valence-electron chi connectivity index (χ0n) is 9.91. The predicted molar refractivity (Wildman–Crippen MR) is 73.2 cm³/mol. The fourth-order valence-electron chi connectivity index (χ4n) is 2.59. The van der Waals surface area contributed by atoms with Crippen molar-refractivity contribution in [2.45, 2.75) is 32.4 Å². The molecule has 1 aromatic carbocycles. The van der Waals surface area contributed by atoms with Crippen molar-refractivity contribution in [2.75, 3.05) is 6.54 Å². The van der Waals surface area contributed by atoms with Gasteiger partial charge in [-0.05, 0) is 54.4 Å². The van der Waals surface area contributed by atoms with Crippen LogP contribution < -0.4 is 5.32 Å². The third-order valence-corrected chi connectivity index (χ3v) is 4.13. The lowest BCUT2D eigenvalue weighted by molar-refractivity contribution is 0.510. The number of aryl methyl sites for hydroxylation is 1. The van der Waals surface area contributed by atoms with E-state index < -0.39 is 0 Å². The van der Waals surface area contributed by atoms with Gasteiger partial charge in [0.15, 0.2) is 0 Å². The van der Waals surface area contributed by atoms with Crippen LogP contribution in [0.2, 0.25) is 0 Å². The third-order valence-electron chi connectivity index (χ3n) is 3.49. The Morgan fingerprint density at radius 3 is 3.18 bits per heavy atom. The van der Waals surface area contributed by atoms with Gasteiger partial charge in [-0.2, -0.15) is 0 Å². The molecule has 1 N–H and O–H groups in total. The highest BCUT2D eigenvalue weighted by Crippen LogP contribution is 2.24. The van der Waals surface area contributed by atoms with E-state index in [-0.39, 0.29) is 0 Å². The molecule has 17 heavy (non-hydrogen) atoms. The van der Waals surface area contributed by atoms with Crippen molar-refractivity contribution in [3.05, 3.63) is 28.5 Å². The Morgan fingerprint density at radius 2 is 2.41 bits per heavy atom. The van der Waals surface area contributed by atoms with Crippen LogP contribution in [-0.2, 0) is 6.54 Å². The molecular weight excluding hydrogens is 278 g/mol. The van der Waals surface area contributed by atoms with Gasteiger partial charge in [0.2, 0.25) is 0 Å². The minimum atomic E-state index is 0.602. The van der Waals surface area contributed by atoms with Crippen LogP contribution >= 0.6 is 15.9 Å². The van der Waals surface area contributed by atoms with Gasteiger partial charge in [-0.3, -0.25) is 0 Å². The van der Waals surface area contributed by atoms with Crippen LogP contribution in [0.25, 0.3) is 11.0 Å². The number of para-hydroxylation sites is 1. The van der Waals surface area contributed by atoms with Crippen molar-refractivity contribution < 1.29 is 0 Å². The minimum absolute atomic E-state index is 0.602. The molecule has 1 saturated heterocycles. The largest absolute Gasteiger partial charge is 0.327 e. The first-order chi connectivity index (χ1) is 8.25. The predicted octanol–water partition coefficient (Wildman–Crippen LogP) is 2.86. The van der Waals surface area contributed by atoms with Crippen LogP contribution in [0.5, 0.6) is 0 Å². The van der Waals surface area contributed by atoms with Crippen LogP contribution in [0.1, 0.15) is 18.7 Å². The number of rotatable bonds is 2. The van der Waals surface area contributed by atoms with E-state index in [1.165, 1.54) is 18.4 Å². The Hall–Kier alpha value is -0.870. The van der Waals surface area contributed by atoms with Crippen molar-refractivity contribution in [3.8, 4) is 0 Å². The maximum Gasteiger partial charge on any atom is 0.106 e. The lowest BCUT2D eigenvalue weighted by Crippen LogP contribution is -2.27. The van der Waals surface area contributed by atoms with Gasteiger partial charge in [0, 0.05) is 17.1 Å². The van der Waals surface area contributed by atoms with Gasteiger partial charge in [-0.15, -0.1) is 0 Å². The quantitative estimate of drug-likeness (QED) is 0.923. The summed E-state index contributed by atoms with van der Waals surface area (Å²) in [7, 11) is 0. The summed E-state index contributed by atoms with van der Waals surface area (Å²) in [5, 5.41) is 3.54. The number of aromatic nitrogens is 2. The summed E-state index contributed by atoms with van der Waals surface area (Å²) in [6.45, 7) is 4.26. The normalized spacial score (nSPS) is 20.2. The van der Waals surface area contributed by atoms with E-state index in [9.17, 15) is 0 Å². The number of nitrogens with one attached hydrogen (secondary N) is 1. The van der Waals surface area contributed by atoms with Gasteiger partial charge in [-0.1, -0.05) is 6.07 Å². The number of hydrogen-bond donors (Lipinski definition) is 1. The van der Waals surface area contributed by atoms with E-state index in [1.54, 1.807) is 0 Å². The van der Waals surface area contributed by atoms with Crippen molar-refractivity contribution in [2.24, 2.45) is 0 Å². The van der Waals surface area contributed by atoms with Gasteiger partial charge in [0.05, 0.1) is 5.52 Å². The first-order valence-corrected chi connectivity index (χ1v) is 6.90. The van der Waals surface area contributed by atoms with Crippen LogP contribution in [0, 0.1) is 6.92 Å². The lowest BCUT2D eigenvalue weighted by atomic mass is 10.2. The molecule has 0 radical (unpaired) electrons. The molecule has 1 atom stereocenters. The van der Waals surface area contributed by atoms with Crippen LogP contribution in [0.4, 0.5) is 0 Å². The molecule has 1 aliphatic heterocycles. The zero-order valence-corrected chi connectivity index (χ0v) is 11.5. The molecule has 0 amide bonds. The van der Waals surface area contributed by atoms with Gasteiger partial charge in [0.1, 0.15) is 11.3 Å². The summed E-state index contributed by atoms with van der Waals surface area (Å²) in [5.74, 6) is 1.10. The molecular formula is C13H16BrN3. The van der Waals surface area contributed by atoms with Crippen LogP contribution in [0.3, 0.4) is 0 Å². The third kappa shape index (κ3) is 2.00. The number of imidazole rings is 1. The summed E-state index contributed by atoms with van der Waals surface area (Å²) in [6, 6.07) is 6.87. The van der Waals surface area contributed by atoms with Crippen molar-refractivity contribution >= 4 is 27.0 Å². The molecule has 1 unspecified atom stereocenters. The number of hydrogen-bond acceptors (Lipinski definition) is 2. The molecule has 0 bridgehead atoms. The van der Waals surface area contributed by atoms with Crippen LogP contribution in [-0.4, -0.2) is 22.1 Å². The Labute approximate surface area is 109 Å². The van der Waals surface area contributed by atoms with E-state index >= 15 is 0 Å². The number of halogens is 1. The number of nitrogens with zero attached hydrogens (tertiary/aromatic N) is 2. The Morgan fingerprint density at radius 1 is 1.53 bits per heavy atom. The standard InChI is InChI=1S/C13H16BrN3/c1-9-16-13-11(14)5-2-6-12(13)17(9)8-10-4-3-7-15-10/h2,5-6,10,15H,3-4,7-8H2,1H3. The summed E-state index contributed by atoms with van der Waals surface area (Å²) < 4.78 is 3.40. The number of benzene rings is 1. The molecule has 0 aliphatic carbocycles. The molecule has 2 aromatic rings. The Balaban J connectivity index is 2.02. The maximum atomic E-state index is 4.64. The van der Waals surface area contributed by atoms with E-state index in [2.05, 4.69) is 49.9 Å². The van der Waals surface area contributed by atoms with E-state index in [0.717, 1.165) is 28.9 Å². The molecule has 0 spiro atoms. The average Bonchev–Trinajstić information content (AvgIpc) is 2.91. The first-order valence-electron chi connectivity index (χ1n) is 6.10. The van der Waals surface area contributed by atoms with Crippen molar-refractivity contribution in [1.82, 2.24) is 14.9 Å². The molecule has 3 nitrogen and oxygen atoms in total. The second-order valence-corrected chi connectivity index (χ2v) is 5.52. The number of fused-ring (bicyclic) bond motifs is 1. The monoisotopic (exact) mass is 293 g/mol. The Kier molecular flexibility index (Phi) is 2.92. The first kappa shape index (κ1) is 11.2. The fourth-order valence-corrected chi connectivity index (χ4v) is 3.04. The molecule has 1 aliphatic rings. The fraction of sp³-hybridized carbons (Fsp3) is 0.462. The zero-order chi connectivity index (χ0) is 11.8. The highest BCUT2D eigenvalue weighted by Gasteiger charge is 2.17. The minimum Gasteiger partial charge on any atom is -0.327 e. The average molecular weight is 294 g/mol. The molecule has 3 rings (SSSR count). The summed E-state index contributed by atoms with van der Waals surface area (Å²) in [4.78, 5) is 4.64. The van der Waals surface area contributed by atoms with Gasteiger partial charge < -0.3 is 9.88 Å². The topological polar surface area (TPSA) is 29.9 Å². The van der Waals surface area contributed by atoms with Gasteiger partial charge in [0.25, 0.3) is 0 Å². The van der Waals surface area contributed by atoms with E-state index in [1.807, 2.05) is 6.07 Å². The summed E-state index contributed by atoms with van der Waals surface area (Å²) >= 11 is 3.57. The molecule has 1 aromatic heterocycles. The van der Waals surface area contributed by atoms with Gasteiger partial charge in [-0.25, -0.2) is 4.98 Å². The maximum absolute atomic E-state index is 4.64. The highest BCUT2D eigenvalue weighted by molar-refractivity contribution is 9.10. The van der Waals surface area contributed by atoms with Crippen LogP contribution in [0.15, 0.2) is 22.7 Å². The second-order valence-electron chi connectivity index (χ2n) is 4.67. The second kappa shape index (κ2) is 4.42. The lowest BCUT2D eigenvalue weighted by Gasteiger charge is -2.13. The molecule has 1 fully saturated rings. The van der Waals surface area contributed by atoms with Crippen molar-refractivity contribution in [1.29, 1.82) is 0 Å².